The van der Waals surface area contributed by atoms with Crippen molar-refractivity contribution >= 4 is 15.9 Å². The quantitative estimate of drug-likeness (QED) is 0.576. The van der Waals surface area contributed by atoms with Crippen molar-refractivity contribution in [1.29, 1.82) is 0 Å². The molecule has 0 fully saturated rings. The Bertz CT molecular complexity index is 341. The lowest BCUT2D eigenvalue weighted by molar-refractivity contribution is 0.112. The zero-order chi connectivity index (χ0) is 12.1. The number of aromatic hydroxyl groups is 2. The summed E-state index contributed by atoms with van der Waals surface area (Å²) in [5.41, 5.74) is 0.636. The molecule has 3 N–H and O–H groups in total. The number of hydrogen-bond acceptors (Lipinski definition) is 3. The van der Waals surface area contributed by atoms with Crippen LogP contribution in [0.1, 0.15) is 31.4 Å². The maximum absolute atomic E-state index is 10.0. The van der Waals surface area contributed by atoms with Gasteiger partial charge in [0.15, 0.2) is 11.5 Å². The summed E-state index contributed by atoms with van der Waals surface area (Å²) in [6.45, 7) is 1.97. The van der Waals surface area contributed by atoms with Crippen LogP contribution in [0.25, 0.3) is 0 Å². The summed E-state index contributed by atoms with van der Waals surface area (Å²) in [5.74, 6) is -0.227. The van der Waals surface area contributed by atoms with Crippen molar-refractivity contribution < 1.29 is 15.3 Å². The van der Waals surface area contributed by atoms with E-state index in [2.05, 4.69) is 15.9 Å². The van der Waals surface area contributed by atoms with Gasteiger partial charge in [-0.2, -0.15) is 0 Å². The highest BCUT2D eigenvalue weighted by molar-refractivity contribution is 9.09. The van der Waals surface area contributed by atoms with Gasteiger partial charge in [0.05, 0.1) is 6.10 Å². The minimum Gasteiger partial charge on any atom is -0.504 e. The number of aliphatic hydroxyl groups is 1. The van der Waals surface area contributed by atoms with Crippen LogP contribution in [0.5, 0.6) is 11.5 Å². The van der Waals surface area contributed by atoms with Crippen molar-refractivity contribution in [2.45, 2.75) is 25.9 Å². The van der Waals surface area contributed by atoms with E-state index in [1.165, 1.54) is 12.1 Å². The summed E-state index contributed by atoms with van der Waals surface area (Å²) in [6, 6.07) is 4.43. The van der Waals surface area contributed by atoms with Gasteiger partial charge < -0.3 is 15.3 Å². The molecule has 0 spiro atoms. The molecular weight excluding hydrogens is 268 g/mol. The molecule has 2 atom stereocenters. The number of alkyl halides is 1. The van der Waals surface area contributed by atoms with E-state index in [0.717, 1.165) is 18.2 Å². The Morgan fingerprint density at radius 2 is 1.94 bits per heavy atom. The summed E-state index contributed by atoms with van der Waals surface area (Å²) >= 11 is 3.35. The largest absolute Gasteiger partial charge is 0.504 e. The Kier molecular flexibility index (Phi) is 5.09. The highest BCUT2D eigenvalue weighted by Crippen LogP contribution is 2.31. The van der Waals surface area contributed by atoms with Crippen molar-refractivity contribution in [3.63, 3.8) is 0 Å². The lowest BCUT2D eigenvalue weighted by Gasteiger charge is -2.19. The first-order chi connectivity index (χ1) is 7.56. The van der Waals surface area contributed by atoms with E-state index in [-0.39, 0.29) is 17.4 Å². The molecule has 1 aromatic carbocycles. The van der Waals surface area contributed by atoms with Gasteiger partial charge in [0.2, 0.25) is 0 Å². The molecule has 0 saturated carbocycles. The molecule has 0 aromatic heterocycles. The van der Waals surface area contributed by atoms with Crippen LogP contribution in [0.15, 0.2) is 18.2 Å². The summed E-state index contributed by atoms with van der Waals surface area (Å²) in [6.07, 6.45) is 1.31. The standard InChI is InChI=1S/C12H17BrO3/c1-8(3-2-6-13)12(16)9-4-5-10(14)11(15)7-9/h4-5,7-8,12,14-16H,2-3,6H2,1H3/i13-4. The van der Waals surface area contributed by atoms with Crippen molar-refractivity contribution in [2.24, 2.45) is 5.92 Å². The second kappa shape index (κ2) is 6.11. The van der Waals surface area contributed by atoms with E-state index in [0.29, 0.717) is 5.56 Å². The van der Waals surface area contributed by atoms with Crippen LogP contribution in [0, 0.1) is 5.92 Å². The molecule has 4 heteroatoms. The van der Waals surface area contributed by atoms with Crippen molar-refractivity contribution in [2.75, 3.05) is 5.33 Å². The van der Waals surface area contributed by atoms with Crippen LogP contribution in [-0.4, -0.2) is 20.6 Å². The number of benzene rings is 1. The third-order valence-corrected chi connectivity index (χ3v) is 3.23. The van der Waals surface area contributed by atoms with Crippen LogP contribution in [-0.2, 0) is 0 Å². The molecule has 2 unspecified atom stereocenters. The van der Waals surface area contributed by atoms with Crippen molar-refractivity contribution in [3.8, 4) is 11.5 Å². The van der Waals surface area contributed by atoms with Crippen LogP contribution < -0.4 is 0 Å². The minimum absolute atomic E-state index is 0.126. The molecule has 0 bridgehead atoms. The van der Waals surface area contributed by atoms with Crippen molar-refractivity contribution in [3.05, 3.63) is 23.8 Å². The van der Waals surface area contributed by atoms with E-state index in [9.17, 15) is 10.2 Å². The van der Waals surface area contributed by atoms with E-state index in [1.807, 2.05) is 6.92 Å². The lowest BCUT2D eigenvalue weighted by Crippen LogP contribution is -2.09. The van der Waals surface area contributed by atoms with Crippen LogP contribution in [0.3, 0.4) is 0 Å². The molecule has 0 saturated heterocycles. The molecule has 3 nitrogen and oxygen atoms in total. The molecule has 1 aromatic rings. The molecule has 90 valence electrons. The molecule has 0 aliphatic rings. The molecular formula is C12H17BrO3. The Labute approximate surface area is 104 Å². The average molecular weight is 285 g/mol. The Balaban J connectivity index is 2.71. The first-order valence-electron chi connectivity index (χ1n) is 5.32. The number of aliphatic hydroxyl groups excluding tert-OH is 1. The fourth-order valence-corrected chi connectivity index (χ4v) is 1.93. The number of phenolic OH excluding ortho intramolecular Hbond substituents is 2. The van der Waals surface area contributed by atoms with Gasteiger partial charge in [-0.1, -0.05) is 28.9 Å². The normalized spacial score (nSPS) is 14.7. The second-order valence-electron chi connectivity index (χ2n) is 4.00. The number of rotatable bonds is 5. The van der Waals surface area contributed by atoms with Crippen LogP contribution >= 0.6 is 15.9 Å². The van der Waals surface area contributed by atoms with Crippen molar-refractivity contribution in [1.82, 2.24) is 0 Å². The summed E-state index contributed by atoms with van der Waals surface area (Å²) < 4.78 is 0. The highest BCUT2D eigenvalue weighted by Gasteiger charge is 2.17. The van der Waals surface area contributed by atoms with Gasteiger partial charge in [0.1, 0.15) is 0 Å². The van der Waals surface area contributed by atoms with Gasteiger partial charge in [0, 0.05) is 5.33 Å². The molecule has 0 amide bonds. The lowest BCUT2D eigenvalue weighted by atomic mass is 9.93. The third-order valence-electron chi connectivity index (χ3n) is 2.67. The van der Waals surface area contributed by atoms with Gasteiger partial charge in [-0.05, 0) is 36.5 Å². The SMILES string of the molecule is CC(CCC[76Br])C(O)c1ccc(O)c(O)c1. The van der Waals surface area contributed by atoms with E-state index >= 15 is 0 Å². The van der Waals surface area contributed by atoms with Gasteiger partial charge in [-0.3, -0.25) is 0 Å². The van der Waals surface area contributed by atoms with E-state index in [1.54, 1.807) is 6.07 Å². The van der Waals surface area contributed by atoms with Gasteiger partial charge in [0.25, 0.3) is 0 Å². The first kappa shape index (κ1) is 13.3. The topological polar surface area (TPSA) is 60.7 Å². The molecule has 0 heterocycles. The van der Waals surface area contributed by atoms with Crippen LogP contribution in [0.4, 0.5) is 0 Å². The monoisotopic (exact) mass is 285 g/mol. The predicted molar refractivity (Wildman–Crippen MR) is 66.9 cm³/mol. The maximum atomic E-state index is 10.0. The summed E-state index contributed by atoms with van der Waals surface area (Å²) in [7, 11) is 0. The molecule has 16 heavy (non-hydrogen) atoms. The second-order valence-corrected chi connectivity index (χ2v) is 4.79. The molecule has 0 radical (unpaired) electrons. The molecule has 1 rings (SSSR count). The Morgan fingerprint density at radius 3 is 2.50 bits per heavy atom. The first-order valence-corrected chi connectivity index (χ1v) is 6.44. The van der Waals surface area contributed by atoms with Gasteiger partial charge in [-0.25, -0.2) is 0 Å². The fraction of sp³-hybridized carbons (Fsp3) is 0.500. The van der Waals surface area contributed by atoms with E-state index < -0.39 is 6.10 Å². The molecule has 0 aliphatic heterocycles. The minimum atomic E-state index is -0.606. The predicted octanol–water partition coefficient (Wildman–Crippen LogP) is 2.94. The average Bonchev–Trinajstić information content (AvgIpc) is 2.28. The smallest absolute Gasteiger partial charge is 0.157 e. The van der Waals surface area contributed by atoms with Gasteiger partial charge >= 0.3 is 0 Å². The number of phenols is 2. The fourth-order valence-electron chi connectivity index (χ4n) is 1.61. The molecule has 0 aliphatic carbocycles. The number of hydrogen-bond donors (Lipinski definition) is 3. The third kappa shape index (κ3) is 3.39. The number of halogens is 1. The Morgan fingerprint density at radius 1 is 1.25 bits per heavy atom. The summed E-state index contributed by atoms with van der Waals surface area (Å²) in [4.78, 5) is 0. The van der Waals surface area contributed by atoms with E-state index in [4.69, 9.17) is 5.11 Å². The van der Waals surface area contributed by atoms with Crippen LogP contribution in [0.2, 0.25) is 0 Å². The highest BCUT2D eigenvalue weighted by atomic mass is 75.9. The maximum Gasteiger partial charge on any atom is 0.157 e. The Hall–Kier alpha value is -0.740. The van der Waals surface area contributed by atoms with Gasteiger partial charge in [-0.15, -0.1) is 0 Å². The summed E-state index contributed by atoms with van der Waals surface area (Å²) in [5, 5.41) is 29.5. The zero-order valence-corrected chi connectivity index (χ0v) is 10.8. The zero-order valence-electron chi connectivity index (χ0n) is 9.23.